The third-order valence-electron chi connectivity index (χ3n) is 3.98. The van der Waals surface area contributed by atoms with Crippen LogP contribution in [0.3, 0.4) is 0 Å². The molecule has 5 heteroatoms. The van der Waals surface area contributed by atoms with Gasteiger partial charge in [0.15, 0.2) is 0 Å². The largest absolute Gasteiger partial charge is 0.340 e. The van der Waals surface area contributed by atoms with E-state index in [1.165, 1.54) is 29.8 Å². The minimum Gasteiger partial charge on any atom is -0.340 e. The molecule has 0 atom stereocenters. The number of carbonyl (C=O) groups is 1. The third kappa shape index (κ3) is 4.45. The van der Waals surface area contributed by atoms with Gasteiger partial charge in [0.25, 0.3) is 5.91 Å². The summed E-state index contributed by atoms with van der Waals surface area (Å²) in [4.78, 5) is 16.4. The van der Waals surface area contributed by atoms with Gasteiger partial charge in [0.2, 0.25) is 0 Å². The monoisotopic (exact) mass is 349 g/mol. The van der Waals surface area contributed by atoms with E-state index in [0.717, 1.165) is 5.69 Å². The summed E-state index contributed by atoms with van der Waals surface area (Å²) in [5.74, 6) is 0.491. The van der Waals surface area contributed by atoms with Crippen molar-refractivity contribution in [1.29, 1.82) is 0 Å². The van der Waals surface area contributed by atoms with Crippen molar-refractivity contribution in [2.75, 3.05) is 10.6 Å². The number of anilines is 3. The Kier molecular flexibility index (Phi) is 5.27. The molecule has 0 aliphatic rings. The molecule has 0 spiro atoms. The van der Waals surface area contributed by atoms with Gasteiger partial charge in [-0.15, -0.1) is 0 Å². The number of halogens is 1. The molecule has 4 nitrogen and oxygen atoms in total. The van der Waals surface area contributed by atoms with E-state index in [-0.39, 0.29) is 11.7 Å². The number of pyridine rings is 1. The quantitative estimate of drug-likeness (QED) is 0.654. The Balaban J connectivity index is 1.62. The zero-order chi connectivity index (χ0) is 18.5. The lowest BCUT2D eigenvalue weighted by atomic mass is 10.0. The van der Waals surface area contributed by atoms with E-state index < -0.39 is 0 Å². The van der Waals surface area contributed by atoms with Gasteiger partial charge in [-0.3, -0.25) is 4.79 Å². The Morgan fingerprint density at radius 1 is 0.923 bits per heavy atom. The molecule has 0 bridgehead atoms. The van der Waals surface area contributed by atoms with E-state index in [1.807, 2.05) is 12.1 Å². The van der Waals surface area contributed by atoms with Crippen LogP contribution in [-0.2, 0) is 0 Å². The van der Waals surface area contributed by atoms with Crippen molar-refractivity contribution in [2.45, 2.75) is 19.8 Å². The molecule has 0 saturated carbocycles. The molecule has 1 aromatic heterocycles. The van der Waals surface area contributed by atoms with E-state index in [4.69, 9.17) is 0 Å². The number of nitrogens with zero attached hydrogens (tertiary/aromatic N) is 1. The number of rotatable bonds is 5. The minimum atomic E-state index is -0.375. The zero-order valence-corrected chi connectivity index (χ0v) is 14.7. The molecule has 0 saturated heterocycles. The van der Waals surface area contributed by atoms with Gasteiger partial charge in [-0.05, 0) is 60.0 Å². The second-order valence-electron chi connectivity index (χ2n) is 6.29. The Hall–Kier alpha value is -3.21. The first-order valence-corrected chi connectivity index (χ1v) is 8.41. The lowest BCUT2D eigenvalue weighted by molar-refractivity contribution is 0.102. The summed E-state index contributed by atoms with van der Waals surface area (Å²) in [5.41, 5.74) is 3.19. The zero-order valence-electron chi connectivity index (χ0n) is 14.7. The fourth-order valence-corrected chi connectivity index (χ4v) is 2.45. The molecule has 0 unspecified atom stereocenters. The van der Waals surface area contributed by atoms with Gasteiger partial charge >= 0.3 is 0 Å². The van der Waals surface area contributed by atoms with Crippen LogP contribution < -0.4 is 10.6 Å². The molecule has 1 amide bonds. The maximum absolute atomic E-state index is 12.9. The smallest absolute Gasteiger partial charge is 0.255 e. The summed E-state index contributed by atoms with van der Waals surface area (Å²) < 4.78 is 12.9. The van der Waals surface area contributed by atoms with Crippen molar-refractivity contribution in [3.63, 3.8) is 0 Å². The Morgan fingerprint density at radius 2 is 1.58 bits per heavy atom. The molecule has 0 radical (unpaired) electrons. The fraction of sp³-hybridized carbons (Fsp3) is 0.143. The van der Waals surface area contributed by atoms with Gasteiger partial charge in [-0.1, -0.05) is 26.0 Å². The maximum Gasteiger partial charge on any atom is 0.255 e. The second-order valence-corrected chi connectivity index (χ2v) is 6.29. The second kappa shape index (κ2) is 7.78. The van der Waals surface area contributed by atoms with E-state index >= 15 is 0 Å². The van der Waals surface area contributed by atoms with Crippen LogP contribution in [0.2, 0.25) is 0 Å². The van der Waals surface area contributed by atoms with Crippen LogP contribution in [0.1, 0.15) is 35.7 Å². The topological polar surface area (TPSA) is 54.0 Å². The molecule has 0 aliphatic carbocycles. The van der Waals surface area contributed by atoms with Crippen LogP contribution in [0.15, 0.2) is 66.9 Å². The molecule has 3 aromatic rings. The van der Waals surface area contributed by atoms with Crippen molar-refractivity contribution >= 4 is 23.1 Å². The first kappa shape index (κ1) is 17.6. The van der Waals surface area contributed by atoms with Gasteiger partial charge in [0.05, 0.1) is 11.9 Å². The summed E-state index contributed by atoms with van der Waals surface area (Å²) in [6.45, 7) is 4.31. The van der Waals surface area contributed by atoms with Crippen molar-refractivity contribution in [3.8, 4) is 0 Å². The number of hydrogen-bond donors (Lipinski definition) is 2. The molecular weight excluding hydrogens is 329 g/mol. The molecule has 1 heterocycles. The lowest BCUT2D eigenvalue weighted by Crippen LogP contribution is -2.12. The molecule has 0 aliphatic heterocycles. The number of amides is 1. The fourth-order valence-electron chi connectivity index (χ4n) is 2.45. The van der Waals surface area contributed by atoms with Crippen LogP contribution in [0.25, 0.3) is 0 Å². The van der Waals surface area contributed by atoms with Crippen LogP contribution in [-0.4, -0.2) is 10.9 Å². The summed E-state index contributed by atoms with van der Waals surface area (Å²) in [6.07, 6.45) is 1.58. The predicted molar refractivity (Wildman–Crippen MR) is 102 cm³/mol. The average molecular weight is 349 g/mol. The van der Waals surface area contributed by atoms with Crippen LogP contribution in [0.4, 0.5) is 21.6 Å². The Labute approximate surface area is 152 Å². The number of nitrogens with one attached hydrogen (secondary N) is 2. The third-order valence-corrected chi connectivity index (χ3v) is 3.98. The lowest BCUT2D eigenvalue weighted by Gasteiger charge is -2.10. The normalized spacial score (nSPS) is 10.6. The minimum absolute atomic E-state index is 0.309. The molecule has 2 N–H and O–H groups in total. The Bertz CT molecular complexity index is 873. The summed E-state index contributed by atoms with van der Waals surface area (Å²) in [6, 6.07) is 17.1. The van der Waals surface area contributed by atoms with E-state index in [9.17, 15) is 9.18 Å². The first-order chi connectivity index (χ1) is 12.5. The maximum atomic E-state index is 12.9. The van der Waals surface area contributed by atoms with Crippen molar-refractivity contribution in [3.05, 3.63) is 83.8 Å². The van der Waals surface area contributed by atoms with Gasteiger partial charge in [-0.2, -0.15) is 0 Å². The SMILES string of the molecule is CC(C)c1ccc(Nc2ccc(NC(=O)c3ccc(F)cc3)cn2)cc1. The van der Waals surface area contributed by atoms with E-state index in [0.29, 0.717) is 23.0 Å². The molecule has 0 fully saturated rings. The summed E-state index contributed by atoms with van der Waals surface area (Å²) >= 11 is 0. The molecule has 26 heavy (non-hydrogen) atoms. The number of benzene rings is 2. The standard InChI is InChI=1S/C21H20FN3O/c1-14(2)15-5-9-18(10-6-15)24-20-12-11-19(13-23-20)25-21(26)16-3-7-17(22)8-4-16/h3-14H,1-2H3,(H,23,24)(H,25,26). The van der Waals surface area contributed by atoms with Gasteiger partial charge < -0.3 is 10.6 Å². The highest BCUT2D eigenvalue weighted by Gasteiger charge is 2.07. The highest BCUT2D eigenvalue weighted by molar-refractivity contribution is 6.04. The van der Waals surface area contributed by atoms with Crippen molar-refractivity contribution in [1.82, 2.24) is 4.98 Å². The molecule has 2 aromatic carbocycles. The number of carbonyl (C=O) groups excluding carboxylic acids is 1. The average Bonchev–Trinajstić information content (AvgIpc) is 2.64. The molecular formula is C21H20FN3O. The predicted octanol–water partition coefficient (Wildman–Crippen LogP) is 5.34. The highest BCUT2D eigenvalue weighted by Crippen LogP contribution is 2.20. The Morgan fingerprint density at radius 3 is 2.15 bits per heavy atom. The summed E-state index contributed by atoms with van der Waals surface area (Å²) in [7, 11) is 0. The molecule has 132 valence electrons. The highest BCUT2D eigenvalue weighted by atomic mass is 19.1. The van der Waals surface area contributed by atoms with Crippen LogP contribution >= 0.6 is 0 Å². The van der Waals surface area contributed by atoms with Crippen LogP contribution in [0.5, 0.6) is 0 Å². The van der Waals surface area contributed by atoms with Crippen molar-refractivity contribution < 1.29 is 9.18 Å². The molecule has 3 rings (SSSR count). The van der Waals surface area contributed by atoms with E-state index in [1.54, 1.807) is 18.3 Å². The van der Waals surface area contributed by atoms with Gasteiger partial charge in [-0.25, -0.2) is 9.37 Å². The first-order valence-electron chi connectivity index (χ1n) is 8.41. The van der Waals surface area contributed by atoms with Crippen molar-refractivity contribution in [2.24, 2.45) is 0 Å². The summed E-state index contributed by atoms with van der Waals surface area (Å²) in [5, 5.41) is 5.96. The number of aromatic nitrogens is 1. The number of hydrogen-bond acceptors (Lipinski definition) is 3. The van der Waals surface area contributed by atoms with E-state index in [2.05, 4.69) is 41.6 Å². The van der Waals surface area contributed by atoms with Gasteiger partial charge in [0, 0.05) is 11.3 Å². The van der Waals surface area contributed by atoms with Crippen LogP contribution in [0, 0.1) is 5.82 Å². The van der Waals surface area contributed by atoms with Gasteiger partial charge in [0.1, 0.15) is 11.6 Å².